The van der Waals surface area contributed by atoms with Crippen molar-refractivity contribution in [3.63, 3.8) is 0 Å². The smallest absolute Gasteiger partial charge is 0.135 e. The number of hydrogen-bond donors (Lipinski definition) is 2. The van der Waals surface area contributed by atoms with Gasteiger partial charge in [0.1, 0.15) is 11.7 Å². The summed E-state index contributed by atoms with van der Waals surface area (Å²) in [6, 6.07) is 4.07. The van der Waals surface area contributed by atoms with Gasteiger partial charge in [-0.3, -0.25) is 0 Å². The number of nitrogens with one attached hydrogen (secondary N) is 1. The Morgan fingerprint density at radius 2 is 2.07 bits per heavy atom. The van der Waals surface area contributed by atoms with Gasteiger partial charge in [0, 0.05) is 5.56 Å². The van der Waals surface area contributed by atoms with Crippen LogP contribution in [-0.2, 0) is 0 Å². The Morgan fingerprint density at radius 3 is 2.79 bits per heavy atom. The molecule has 1 aliphatic rings. The predicted octanol–water partition coefficient (Wildman–Crippen LogP) is 1.91. The zero-order valence-electron chi connectivity index (χ0n) is 8.39. The summed E-state index contributed by atoms with van der Waals surface area (Å²) in [6.45, 7) is 7.85. The van der Waals surface area contributed by atoms with E-state index in [0.717, 1.165) is 11.3 Å². The van der Waals surface area contributed by atoms with E-state index < -0.39 is 0 Å². The minimum atomic E-state index is 0.546. The van der Waals surface area contributed by atoms with Crippen molar-refractivity contribution in [2.75, 3.05) is 5.32 Å². The second-order valence-electron chi connectivity index (χ2n) is 3.50. The Morgan fingerprint density at radius 1 is 1.36 bits per heavy atom. The number of aliphatic imine (C=N–C) groups is 1. The van der Waals surface area contributed by atoms with Gasteiger partial charge in [-0.25, -0.2) is 4.99 Å². The number of nitrogens with two attached hydrogens (primary N) is 1. The molecule has 72 valence electrons. The molecule has 1 aromatic rings. The molecule has 0 aliphatic carbocycles. The molecule has 1 aromatic carbocycles. The third-order valence-corrected chi connectivity index (χ3v) is 2.53. The van der Waals surface area contributed by atoms with Gasteiger partial charge in [0.05, 0.1) is 5.69 Å². The molecular formula is C11H13N3. The van der Waals surface area contributed by atoms with Gasteiger partial charge in [0.15, 0.2) is 0 Å². The number of fused-ring (bicyclic) bond motifs is 1. The molecule has 0 unspecified atom stereocenters. The lowest BCUT2D eigenvalue weighted by molar-refractivity contribution is 1.22. The van der Waals surface area contributed by atoms with E-state index in [2.05, 4.69) is 29.9 Å². The lowest BCUT2D eigenvalue weighted by Gasteiger charge is -2.20. The van der Waals surface area contributed by atoms with Crippen LogP contribution in [0.4, 0.5) is 5.69 Å². The van der Waals surface area contributed by atoms with Gasteiger partial charge in [0.25, 0.3) is 0 Å². The highest BCUT2D eigenvalue weighted by molar-refractivity contribution is 6.06. The van der Waals surface area contributed by atoms with E-state index in [4.69, 9.17) is 5.73 Å². The molecule has 0 bridgehead atoms. The van der Waals surface area contributed by atoms with Crippen LogP contribution in [-0.4, -0.2) is 5.84 Å². The van der Waals surface area contributed by atoms with Crippen molar-refractivity contribution in [3.8, 4) is 0 Å². The van der Waals surface area contributed by atoms with Gasteiger partial charge in [-0.05, 0) is 31.0 Å². The van der Waals surface area contributed by atoms with Crippen LogP contribution in [0.5, 0.6) is 0 Å². The molecule has 1 heterocycles. The summed E-state index contributed by atoms with van der Waals surface area (Å²) in [5.74, 6) is 1.14. The van der Waals surface area contributed by atoms with Crippen molar-refractivity contribution in [2.24, 2.45) is 10.7 Å². The van der Waals surface area contributed by atoms with Gasteiger partial charge in [-0.1, -0.05) is 12.6 Å². The summed E-state index contributed by atoms with van der Waals surface area (Å²) in [4.78, 5) is 4.11. The van der Waals surface area contributed by atoms with E-state index in [-0.39, 0.29) is 0 Å². The van der Waals surface area contributed by atoms with E-state index in [1.54, 1.807) is 0 Å². The van der Waals surface area contributed by atoms with Crippen molar-refractivity contribution in [1.82, 2.24) is 0 Å². The van der Waals surface area contributed by atoms with Gasteiger partial charge in [-0.15, -0.1) is 0 Å². The number of amidine groups is 1. The zero-order chi connectivity index (χ0) is 10.3. The van der Waals surface area contributed by atoms with Gasteiger partial charge in [0.2, 0.25) is 0 Å². The summed E-state index contributed by atoms with van der Waals surface area (Å²) in [5.41, 5.74) is 10.2. The molecule has 0 radical (unpaired) electrons. The molecule has 0 aromatic heterocycles. The number of anilines is 1. The fourth-order valence-electron chi connectivity index (χ4n) is 1.63. The largest absolute Gasteiger partial charge is 0.383 e. The van der Waals surface area contributed by atoms with Crippen LogP contribution in [0.25, 0.3) is 0 Å². The van der Waals surface area contributed by atoms with Crippen LogP contribution >= 0.6 is 0 Å². The molecule has 0 saturated carbocycles. The van der Waals surface area contributed by atoms with Crippen molar-refractivity contribution in [2.45, 2.75) is 13.8 Å². The predicted molar refractivity (Wildman–Crippen MR) is 59.4 cm³/mol. The van der Waals surface area contributed by atoms with E-state index in [1.165, 1.54) is 11.1 Å². The monoisotopic (exact) mass is 187 g/mol. The van der Waals surface area contributed by atoms with Crippen LogP contribution in [0, 0.1) is 13.8 Å². The Hall–Kier alpha value is -1.77. The molecule has 3 nitrogen and oxygen atoms in total. The molecule has 0 spiro atoms. The summed E-state index contributed by atoms with van der Waals surface area (Å²) in [6.07, 6.45) is 0. The van der Waals surface area contributed by atoms with Gasteiger partial charge >= 0.3 is 0 Å². The normalized spacial score (nSPS) is 14.4. The Bertz CT molecular complexity index is 444. The van der Waals surface area contributed by atoms with E-state index >= 15 is 0 Å². The van der Waals surface area contributed by atoms with E-state index in [1.807, 2.05) is 13.0 Å². The van der Waals surface area contributed by atoms with Crippen LogP contribution < -0.4 is 11.1 Å². The van der Waals surface area contributed by atoms with Crippen LogP contribution in [0.3, 0.4) is 0 Å². The second kappa shape index (κ2) is 2.87. The minimum absolute atomic E-state index is 0.546. The Labute approximate surface area is 83.3 Å². The highest BCUT2D eigenvalue weighted by Gasteiger charge is 2.16. The molecule has 0 atom stereocenters. The highest BCUT2D eigenvalue weighted by Crippen LogP contribution is 2.26. The number of hydrogen-bond acceptors (Lipinski definition) is 3. The maximum Gasteiger partial charge on any atom is 0.135 e. The quantitative estimate of drug-likeness (QED) is 0.651. The third kappa shape index (κ3) is 1.18. The first kappa shape index (κ1) is 8.81. The molecule has 0 fully saturated rings. The van der Waals surface area contributed by atoms with E-state index in [0.29, 0.717) is 11.7 Å². The summed E-state index contributed by atoms with van der Waals surface area (Å²) >= 11 is 0. The average molecular weight is 187 g/mol. The Balaban J connectivity index is 2.70. The summed E-state index contributed by atoms with van der Waals surface area (Å²) < 4.78 is 0. The second-order valence-corrected chi connectivity index (χ2v) is 3.50. The SMILES string of the molecule is C=C1N=C(N)c2c(ccc(C)c2C)N1. The van der Waals surface area contributed by atoms with E-state index in [9.17, 15) is 0 Å². The van der Waals surface area contributed by atoms with Crippen LogP contribution in [0.2, 0.25) is 0 Å². The zero-order valence-corrected chi connectivity index (χ0v) is 8.39. The summed E-state index contributed by atoms with van der Waals surface area (Å²) in [5, 5.41) is 3.10. The molecule has 14 heavy (non-hydrogen) atoms. The van der Waals surface area contributed by atoms with Gasteiger partial charge in [-0.2, -0.15) is 0 Å². The molecule has 3 N–H and O–H groups in total. The number of nitrogens with zero attached hydrogens (tertiary/aromatic N) is 1. The molecule has 1 aliphatic heterocycles. The van der Waals surface area contributed by atoms with Crippen molar-refractivity contribution in [3.05, 3.63) is 41.2 Å². The minimum Gasteiger partial charge on any atom is -0.383 e. The van der Waals surface area contributed by atoms with Crippen LogP contribution in [0.1, 0.15) is 16.7 Å². The molecular weight excluding hydrogens is 174 g/mol. The molecule has 3 heteroatoms. The van der Waals surface area contributed by atoms with Crippen molar-refractivity contribution in [1.29, 1.82) is 0 Å². The first-order valence-corrected chi connectivity index (χ1v) is 4.50. The first-order chi connectivity index (χ1) is 6.59. The Kier molecular flexibility index (Phi) is 1.81. The molecule has 0 saturated heterocycles. The molecule has 0 amide bonds. The standard InChI is InChI=1S/C11H13N3/c1-6-4-5-9-10(7(6)2)11(12)14-8(3)13-9/h4-5,13H,3H2,1-2H3,(H2,12,14). The lowest BCUT2D eigenvalue weighted by Crippen LogP contribution is -2.22. The first-order valence-electron chi connectivity index (χ1n) is 4.50. The average Bonchev–Trinajstić information content (AvgIpc) is 2.10. The summed E-state index contributed by atoms with van der Waals surface area (Å²) in [7, 11) is 0. The van der Waals surface area contributed by atoms with Crippen molar-refractivity contribution >= 4 is 11.5 Å². The topological polar surface area (TPSA) is 50.4 Å². The number of aryl methyl sites for hydroxylation is 1. The fraction of sp³-hybridized carbons (Fsp3) is 0.182. The maximum atomic E-state index is 5.86. The van der Waals surface area contributed by atoms with Gasteiger partial charge < -0.3 is 11.1 Å². The highest BCUT2D eigenvalue weighted by atomic mass is 15.1. The van der Waals surface area contributed by atoms with Crippen molar-refractivity contribution < 1.29 is 0 Å². The maximum absolute atomic E-state index is 5.86. The fourth-order valence-corrected chi connectivity index (χ4v) is 1.63. The third-order valence-electron chi connectivity index (χ3n) is 2.53. The number of rotatable bonds is 0. The van der Waals surface area contributed by atoms with Crippen LogP contribution in [0.15, 0.2) is 29.5 Å². The molecule has 2 rings (SSSR count). The number of benzene rings is 1. The lowest BCUT2D eigenvalue weighted by atomic mass is 9.99.